The molecule has 0 radical (unpaired) electrons. The molecule has 1 amide bonds. The lowest BCUT2D eigenvalue weighted by molar-refractivity contribution is -0.384. The van der Waals surface area contributed by atoms with E-state index in [4.69, 9.17) is 9.47 Å². The van der Waals surface area contributed by atoms with Crippen molar-refractivity contribution in [1.29, 1.82) is 0 Å². The topological polar surface area (TPSA) is 108 Å². The fourth-order valence-corrected chi connectivity index (χ4v) is 2.31. The number of rotatable bonds is 7. The molecule has 8 heteroatoms. The van der Waals surface area contributed by atoms with Crippen LogP contribution in [0, 0.1) is 17.0 Å². The number of para-hydroxylation sites is 1. The molecule has 1 N–H and O–H groups in total. The summed E-state index contributed by atoms with van der Waals surface area (Å²) in [5, 5.41) is 13.5. The molecule has 136 valence electrons. The smallest absolute Gasteiger partial charge is 0.338 e. The number of benzene rings is 2. The Hall–Kier alpha value is -3.26. The summed E-state index contributed by atoms with van der Waals surface area (Å²) in [4.78, 5) is 34.5. The predicted molar refractivity (Wildman–Crippen MR) is 93.9 cm³/mol. The molecule has 0 unspecified atom stereocenters. The highest BCUT2D eigenvalue weighted by Gasteiger charge is 2.18. The molecule has 0 saturated carbocycles. The fraction of sp³-hybridized carbons (Fsp3) is 0.222. The third-order valence-electron chi connectivity index (χ3n) is 3.52. The molecule has 0 fully saturated rings. The van der Waals surface area contributed by atoms with Crippen LogP contribution in [0.1, 0.15) is 21.5 Å². The Bertz CT molecular complexity index is 834. The molecule has 0 heterocycles. The molecule has 0 aromatic heterocycles. The van der Waals surface area contributed by atoms with Gasteiger partial charge in [0.1, 0.15) is 5.69 Å². The summed E-state index contributed by atoms with van der Waals surface area (Å²) >= 11 is 0. The Morgan fingerprint density at radius 2 is 1.92 bits per heavy atom. The second-order valence-electron chi connectivity index (χ2n) is 5.48. The van der Waals surface area contributed by atoms with Crippen LogP contribution in [0.2, 0.25) is 0 Å². The van der Waals surface area contributed by atoms with Crippen molar-refractivity contribution in [2.75, 3.05) is 19.0 Å². The van der Waals surface area contributed by atoms with Crippen molar-refractivity contribution in [2.45, 2.75) is 13.5 Å². The summed E-state index contributed by atoms with van der Waals surface area (Å²) in [7, 11) is 1.54. The van der Waals surface area contributed by atoms with Gasteiger partial charge in [-0.25, -0.2) is 4.79 Å². The van der Waals surface area contributed by atoms with Crippen LogP contribution >= 0.6 is 0 Å². The molecule has 8 nitrogen and oxygen atoms in total. The summed E-state index contributed by atoms with van der Waals surface area (Å²) in [6, 6.07) is 11.1. The van der Waals surface area contributed by atoms with E-state index in [1.54, 1.807) is 44.4 Å². The van der Waals surface area contributed by atoms with Crippen molar-refractivity contribution in [3.63, 3.8) is 0 Å². The van der Waals surface area contributed by atoms with Crippen molar-refractivity contribution in [1.82, 2.24) is 0 Å². The number of methoxy groups -OCH3 is 1. The quantitative estimate of drug-likeness (QED) is 0.463. The number of nitrogens with zero attached hydrogens (tertiary/aromatic N) is 1. The lowest BCUT2D eigenvalue weighted by Gasteiger charge is -2.10. The molecule has 0 aliphatic carbocycles. The number of nitrogens with one attached hydrogen (secondary N) is 1. The number of nitro benzene ring substituents is 1. The molecule has 0 spiro atoms. The summed E-state index contributed by atoms with van der Waals surface area (Å²) in [5.74, 6) is -1.33. The van der Waals surface area contributed by atoms with Crippen molar-refractivity contribution >= 4 is 23.3 Å². The van der Waals surface area contributed by atoms with Gasteiger partial charge in [0.25, 0.3) is 11.6 Å². The minimum Gasteiger partial charge on any atom is -0.452 e. The van der Waals surface area contributed by atoms with Gasteiger partial charge in [-0.2, -0.15) is 0 Å². The minimum atomic E-state index is -0.669. The maximum absolute atomic E-state index is 12.0. The van der Waals surface area contributed by atoms with Gasteiger partial charge >= 0.3 is 5.97 Å². The lowest BCUT2D eigenvalue weighted by Crippen LogP contribution is -2.22. The molecule has 0 aliphatic heterocycles. The first-order chi connectivity index (χ1) is 12.4. The summed E-state index contributed by atoms with van der Waals surface area (Å²) in [6.07, 6.45) is 0. The monoisotopic (exact) mass is 358 g/mol. The van der Waals surface area contributed by atoms with E-state index < -0.39 is 23.4 Å². The van der Waals surface area contributed by atoms with Gasteiger partial charge in [0, 0.05) is 13.2 Å². The van der Waals surface area contributed by atoms with Gasteiger partial charge < -0.3 is 14.8 Å². The molecular formula is C18H18N2O6. The maximum Gasteiger partial charge on any atom is 0.338 e. The van der Waals surface area contributed by atoms with Gasteiger partial charge in [-0.1, -0.05) is 24.3 Å². The van der Waals surface area contributed by atoms with Crippen molar-refractivity contribution in [3.05, 3.63) is 69.3 Å². The molecule has 0 bridgehead atoms. The highest BCUT2D eigenvalue weighted by Crippen LogP contribution is 2.27. The van der Waals surface area contributed by atoms with Gasteiger partial charge in [0.15, 0.2) is 6.61 Å². The number of ether oxygens (including phenoxy) is 2. The first-order valence-corrected chi connectivity index (χ1v) is 7.71. The number of carbonyl (C=O) groups excluding carboxylic acids is 2. The SMILES string of the molecule is COCc1cccc(C(=O)OCC(=O)Nc2c(C)cccc2[N+](=O)[O-])c1. The van der Waals surface area contributed by atoms with E-state index >= 15 is 0 Å². The normalized spacial score (nSPS) is 10.2. The van der Waals surface area contributed by atoms with Crippen LogP contribution in [-0.2, 0) is 20.9 Å². The third kappa shape index (κ3) is 4.87. The van der Waals surface area contributed by atoms with Gasteiger partial charge in [-0.05, 0) is 30.2 Å². The Labute approximate surface area is 149 Å². The van der Waals surface area contributed by atoms with E-state index in [9.17, 15) is 19.7 Å². The highest BCUT2D eigenvalue weighted by molar-refractivity contribution is 5.97. The standard InChI is InChI=1S/C18H18N2O6/c1-12-5-3-8-15(20(23)24)17(12)19-16(21)11-26-18(22)14-7-4-6-13(9-14)10-25-2/h3-9H,10-11H2,1-2H3,(H,19,21). The summed E-state index contributed by atoms with van der Waals surface area (Å²) in [6.45, 7) is 1.42. The molecule has 0 atom stereocenters. The number of aryl methyl sites for hydroxylation is 1. The summed E-state index contributed by atoms with van der Waals surface area (Å²) in [5.41, 5.74) is 1.47. The third-order valence-corrected chi connectivity index (χ3v) is 3.52. The van der Waals surface area contributed by atoms with E-state index in [1.807, 2.05) is 0 Å². The Morgan fingerprint density at radius 3 is 2.62 bits per heavy atom. The van der Waals surface area contributed by atoms with Crippen LogP contribution < -0.4 is 5.32 Å². The molecule has 26 heavy (non-hydrogen) atoms. The molecule has 2 aromatic carbocycles. The first kappa shape index (κ1) is 19.1. The summed E-state index contributed by atoms with van der Waals surface area (Å²) < 4.78 is 9.97. The van der Waals surface area contributed by atoms with Crippen molar-refractivity contribution < 1.29 is 24.0 Å². The largest absolute Gasteiger partial charge is 0.452 e. The van der Waals surface area contributed by atoms with Crippen molar-refractivity contribution in [2.24, 2.45) is 0 Å². The lowest BCUT2D eigenvalue weighted by atomic mass is 10.1. The van der Waals surface area contributed by atoms with Gasteiger partial charge in [0.05, 0.1) is 17.1 Å². The Balaban J connectivity index is 2.00. The van der Waals surface area contributed by atoms with Gasteiger partial charge in [-0.15, -0.1) is 0 Å². The molecule has 2 aromatic rings. The van der Waals surface area contributed by atoms with Crippen molar-refractivity contribution in [3.8, 4) is 0 Å². The number of hydrogen-bond acceptors (Lipinski definition) is 6. The number of nitro groups is 1. The molecule has 0 saturated heterocycles. The predicted octanol–water partition coefficient (Wildman–Crippen LogP) is 2.85. The van der Waals surface area contributed by atoms with Crippen LogP contribution in [0.5, 0.6) is 0 Å². The average Bonchev–Trinajstić information content (AvgIpc) is 2.61. The number of anilines is 1. The molecule has 0 aliphatic rings. The van der Waals surface area contributed by atoms with E-state index in [-0.39, 0.29) is 16.9 Å². The van der Waals surface area contributed by atoms with E-state index in [1.165, 1.54) is 12.1 Å². The number of hydrogen-bond donors (Lipinski definition) is 1. The van der Waals surface area contributed by atoms with Crippen LogP contribution in [0.4, 0.5) is 11.4 Å². The Kier molecular flexibility index (Phi) is 6.40. The minimum absolute atomic E-state index is 0.0839. The van der Waals surface area contributed by atoms with E-state index in [2.05, 4.69) is 5.32 Å². The highest BCUT2D eigenvalue weighted by atomic mass is 16.6. The first-order valence-electron chi connectivity index (χ1n) is 7.71. The zero-order valence-electron chi connectivity index (χ0n) is 14.4. The molecular weight excluding hydrogens is 340 g/mol. The fourth-order valence-electron chi connectivity index (χ4n) is 2.31. The van der Waals surface area contributed by atoms with Crippen LogP contribution in [0.15, 0.2) is 42.5 Å². The number of esters is 1. The zero-order chi connectivity index (χ0) is 19.1. The van der Waals surface area contributed by atoms with E-state index in [0.717, 1.165) is 5.56 Å². The molecule has 2 rings (SSSR count). The maximum atomic E-state index is 12.0. The Morgan fingerprint density at radius 1 is 1.19 bits per heavy atom. The van der Waals surface area contributed by atoms with Crippen LogP contribution in [0.3, 0.4) is 0 Å². The average molecular weight is 358 g/mol. The number of carbonyl (C=O) groups is 2. The number of amides is 1. The van der Waals surface area contributed by atoms with Crippen LogP contribution in [-0.4, -0.2) is 30.5 Å². The van der Waals surface area contributed by atoms with Gasteiger partial charge in [0.2, 0.25) is 0 Å². The van der Waals surface area contributed by atoms with Crippen LogP contribution in [0.25, 0.3) is 0 Å². The second-order valence-corrected chi connectivity index (χ2v) is 5.48. The van der Waals surface area contributed by atoms with E-state index in [0.29, 0.717) is 12.2 Å². The zero-order valence-corrected chi connectivity index (χ0v) is 14.4. The second kappa shape index (κ2) is 8.72. The van der Waals surface area contributed by atoms with Gasteiger partial charge in [-0.3, -0.25) is 14.9 Å².